The summed E-state index contributed by atoms with van der Waals surface area (Å²) >= 11 is 0. The molecule has 0 amide bonds. The van der Waals surface area contributed by atoms with E-state index in [-0.39, 0.29) is 6.10 Å². The minimum absolute atomic E-state index is 0.150. The maximum absolute atomic E-state index is 8.94. The molecule has 0 atom stereocenters. The zero-order valence-corrected chi connectivity index (χ0v) is 5.49. The Morgan fingerprint density at radius 1 is 1.70 bits per heavy atom. The predicted octanol–water partition coefficient (Wildman–Crippen LogP) is -0.409. The highest BCUT2D eigenvalue weighted by atomic mass is 16.3. The van der Waals surface area contributed by atoms with Crippen LogP contribution >= 0.6 is 0 Å². The minimum atomic E-state index is -0.150. The van der Waals surface area contributed by atoms with Crippen molar-refractivity contribution in [3.63, 3.8) is 0 Å². The molecule has 0 saturated carbocycles. The van der Waals surface area contributed by atoms with Crippen molar-refractivity contribution in [2.24, 2.45) is 0 Å². The first kappa shape index (κ1) is 5.73. The lowest BCUT2D eigenvalue weighted by Gasteiger charge is -2.36. The van der Waals surface area contributed by atoms with Gasteiger partial charge in [-0.15, -0.1) is 0 Å². The van der Waals surface area contributed by atoms with Gasteiger partial charge in [-0.2, -0.15) is 5.10 Å². The molecule has 0 radical (unpaired) electrons. The Hall–Kier alpha value is -1.03. The molecular weight excluding hydrogens is 130 g/mol. The quantitative estimate of drug-likeness (QED) is 0.556. The summed E-state index contributed by atoms with van der Waals surface area (Å²) in [4.78, 5) is 2.04. The number of anilines is 1. The Morgan fingerprint density at radius 3 is 3.00 bits per heavy atom. The van der Waals surface area contributed by atoms with E-state index in [9.17, 15) is 0 Å². The predicted molar refractivity (Wildman–Crippen MR) is 36.8 cm³/mol. The largest absolute Gasteiger partial charge is 0.389 e. The van der Waals surface area contributed by atoms with Crippen molar-refractivity contribution in [2.45, 2.75) is 6.10 Å². The molecule has 2 heterocycles. The number of nitrogens with one attached hydrogen (secondary N) is 1. The van der Waals surface area contributed by atoms with Crippen LogP contribution in [0.2, 0.25) is 0 Å². The molecule has 2 N–H and O–H groups in total. The summed E-state index contributed by atoms with van der Waals surface area (Å²) in [7, 11) is 0. The lowest BCUT2D eigenvalue weighted by Crippen LogP contribution is -2.51. The summed E-state index contributed by atoms with van der Waals surface area (Å²) in [6.45, 7) is 1.45. The normalized spacial score (nSPS) is 19.1. The minimum Gasteiger partial charge on any atom is -0.389 e. The Labute approximate surface area is 58.5 Å². The summed E-state index contributed by atoms with van der Waals surface area (Å²) in [5, 5.41) is 15.6. The van der Waals surface area contributed by atoms with Gasteiger partial charge in [0.05, 0.1) is 12.3 Å². The average molecular weight is 139 g/mol. The van der Waals surface area contributed by atoms with Gasteiger partial charge in [0.15, 0.2) is 0 Å². The molecule has 4 heteroatoms. The van der Waals surface area contributed by atoms with Gasteiger partial charge in [-0.3, -0.25) is 5.10 Å². The van der Waals surface area contributed by atoms with Crippen LogP contribution < -0.4 is 4.90 Å². The number of aliphatic hydroxyl groups excluding tert-OH is 1. The van der Waals surface area contributed by atoms with E-state index in [4.69, 9.17) is 5.11 Å². The molecule has 1 saturated heterocycles. The second kappa shape index (κ2) is 1.98. The van der Waals surface area contributed by atoms with E-state index in [0.29, 0.717) is 0 Å². The van der Waals surface area contributed by atoms with Crippen molar-refractivity contribution >= 4 is 5.82 Å². The van der Waals surface area contributed by atoms with Crippen molar-refractivity contribution in [3.05, 3.63) is 12.3 Å². The number of aromatic nitrogens is 2. The molecule has 4 nitrogen and oxygen atoms in total. The standard InChI is InChI=1S/C6H9N3O/c10-5-3-9(4-5)6-1-2-7-8-6/h1-2,5,10H,3-4H2,(H,7,8). The topological polar surface area (TPSA) is 52.1 Å². The van der Waals surface area contributed by atoms with Crippen LogP contribution in [0.5, 0.6) is 0 Å². The third-order valence-corrected chi connectivity index (χ3v) is 1.69. The smallest absolute Gasteiger partial charge is 0.124 e. The molecule has 1 aliphatic heterocycles. The first-order valence-corrected chi connectivity index (χ1v) is 3.28. The number of nitrogens with zero attached hydrogens (tertiary/aromatic N) is 2. The third-order valence-electron chi connectivity index (χ3n) is 1.69. The molecule has 1 fully saturated rings. The van der Waals surface area contributed by atoms with Crippen LogP contribution in [0.1, 0.15) is 0 Å². The fourth-order valence-corrected chi connectivity index (χ4v) is 1.08. The molecule has 0 bridgehead atoms. The van der Waals surface area contributed by atoms with Crippen LogP contribution in [0.4, 0.5) is 5.82 Å². The van der Waals surface area contributed by atoms with Crippen molar-refractivity contribution in [1.82, 2.24) is 10.2 Å². The molecule has 0 aliphatic carbocycles. The summed E-state index contributed by atoms with van der Waals surface area (Å²) in [6.07, 6.45) is 1.56. The second-order valence-electron chi connectivity index (χ2n) is 2.50. The zero-order valence-electron chi connectivity index (χ0n) is 5.49. The molecule has 0 unspecified atom stereocenters. The molecular formula is C6H9N3O. The maximum atomic E-state index is 8.94. The van der Waals surface area contributed by atoms with Crippen molar-refractivity contribution in [2.75, 3.05) is 18.0 Å². The van der Waals surface area contributed by atoms with Gasteiger partial charge in [-0.05, 0) is 0 Å². The fourth-order valence-electron chi connectivity index (χ4n) is 1.08. The van der Waals surface area contributed by atoms with Crippen molar-refractivity contribution < 1.29 is 5.11 Å². The Bertz CT molecular complexity index is 203. The summed E-state index contributed by atoms with van der Waals surface area (Å²) in [5.74, 6) is 0.991. The fraction of sp³-hybridized carbons (Fsp3) is 0.500. The number of hydrogen-bond acceptors (Lipinski definition) is 3. The number of rotatable bonds is 1. The average Bonchev–Trinajstić information content (AvgIpc) is 2.31. The molecule has 10 heavy (non-hydrogen) atoms. The van der Waals surface area contributed by atoms with E-state index in [0.717, 1.165) is 18.9 Å². The van der Waals surface area contributed by atoms with E-state index in [2.05, 4.69) is 10.2 Å². The molecule has 0 spiro atoms. The Morgan fingerprint density at radius 2 is 2.50 bits per heavy atom. The van der Waals surface area contributed by atoms with Crippen LogP contribution in [-0.2, 0) is 0 Å². The van der Waals surface area contributed by atoms with Gasteiger partial charge in [-0.25, -0.2) is 0 Å². The molecule has 2 rings (SSSR count). The van der Waals surface area contributed by atoms with Crippen molar-refractivity contribution in [3.8, 4) is 0 Å². The Kier molecular flexibility index (Phi) is 1.14. The Balaban J connectivity index is 2.04. The number of β-amino-alcohol motifs (C(OH)–C–C–N with tert-alkyl or cyclic N) is 1. The van der Waals surface area contributed by atoms with Crippen LogP contribution in [0.15, 0.2) is 12.3 Å². The first-order chi connectivity index (χ1) is 4.86. The lowest BCUT2D eigenvalue weighted by atomic mass is 10.2. The van der Waals surface area contributed by atoms with Gasteiger partial charge in [0.25, 0.3) is 0 Å². The highest BCUT2D eigenvalue weighted by molar-refractivity contribution is 5.40. The zero-order chi connectivity index (χ0) is 6.97. The van der Waals surface area contributed by atoms with E-state index in [1.54, 1.807) is 6.20 Å². The van der Waals surface area contributed by atoms with Crippen LogP contribution in [0.3, 0.4) is 0 Å². The van der Waals surface area contributed by atoms with Crippen LogP contribution in [-0.4, -0.2) is 34.5 Å². The van der Waals surface area contributed by atoms with Gasteiger partial charge < -0.3 is 10.0 Å². The summed E-state index contributed by atoms with van der Waals surface area (Å²) in [5.41, 5.74) is 0. The van der Waals surface area contributed by atoms with Crippen LogP contribution in [0.25, 0.3) is 0 Å². The van der Waals surface area contributed by atoms with Gasteiger partial charge in [0.1, 0.15) is 5.82 Å². The first-order valence-electron chi connectivity index (χ1n) is 3.28. The molecule has 1 aromatic rings. The van der Waals surface area contributed by atoms with E-state index in [1.165, 1.54) is 0 Å². The van der Waals surface area contributed by atoms with Gasteiger partial charge >= 0.3 is 0 Å². The lowest BCUT2D eigenvalue weighted by molar-refractivity contribution is 0.141. The highest BCUT2D eigenvalue weighted by Crippen LogP contribution is 2.16. The van der Waals surface area contributed by atoms with E-state index < -0.39 is 0 Å². The second-order valence-corrected chi connectivity index (χ2v) is 2.50. The summed E-state index contributed by atoms with van der Waals surface area (Å²) < 4.78 is 0. The number of aliphatic hydroxyl groups is 1. The van der Waals surface area contributed by atoms with Gasteiger partial charge in [-0.1, -0.05) is 0 Å². The number of aromatic amines is 1. The van der Waals surface area contributed by atoms with Gasteiger partial charge in [0, 0.05) is 19.2 Å². The van der Waals surface area contributed by atoms with Crippen molar-refractivity contribution in [1.29, 1.82) is 0 Å². The maximum Gasteiger partial charge on any atom is 0.124 e. The molecule has 0 aromatic carbocycles. The number of hydrogen-bond donors (Lipinski definition) is 2. The SMILES string of the molecule is OC1CN(c2ccn[nH]2)C1. The molecule has 54 valence electrons. The highest BCUT2D eigenvalue weighted by Gasteiger charge is 2.24. The third kappa shape index (κ3) is 0.769. The monoisotopic (exact) mass is 139 g/mol. The van der Waals surface area contributed by atoms with E-state index in [1.807, 2.05) is 11.0 Å². The van der Waals surface area contributed by atoms with Crippen LogP contribution in [0, 0.1) is 0 Å². The molecule has 1 aromatic heterocycles. The summed E-state index contributed by atoms with van der Waals surface area (Å²) in [6, 6.07) is 1.89. The van der Waals surface area contributed by atoms with E-state index >= 15 is 0 Å². The number of H-pyrrole nitrogens is 1. The molecule has 1 aliphatic rings. The van der Waals surface area contributed by atoms with Gasteiger partial charge in [0.2, 0.25) is 0 Å².